The molecule has 0 aliphatic rings. The first-order valence-corrected chi connectivity index (χ1v) is 4.50. The van der Waals surface area contributed by atoms with Crippen LogP contribution in [-0.2, 0) is 9.53 Å². The standard InChI is InChI=1S/C11H10FNO3/c1-15-6-9(14)7-16-11-3-2-8(5-13)4-10(11)12/h2-4H,6-7H2,1H3. The molecule has 0 atom stereocenters. The van der Waals surface area contributed by atoms with Crippen LogP contribution in [0.3, 0.4) is 0 Å². The summed E-state index contributed by atoms with van der Waals surface area (Å²) >= 11 is 0. The van der Waals surface area contributed by atoms with Crippen LogP contribution in [0, 0.1) is 17.1 Å². The number of hydrogen-bond donors (Lipinski definition) is 0. The first kappa shape index (κ1) is 12.1. The van der Waals surface area contributed by atoms with E-state index in [9.17, 15) is 9.18 Å². The van der Waals surface area contributed by atoms with Crippen LogP contribution in [0.15, 0.2) is 18.2 Å². The maximum atomic E-state index is 13.3. The molecule has 84 valence electrons. The largest absolute Gasteiger partial charge is 0.483 e. The second kappa shape index (κ2) is 5.83. The van der Waals surface area contributed by atoms with Gasteiger partial charge in [0.15, 0.2) is 17.3 Å². The molecule has 0 bridgehead atoms. The molecule has 5 heteroatoms. The van der Waals surface area contributed by atoms with Crippen LogP contribution in [0.1, 0.15) is 5.56 Å². The van der Waals surface area contributed by atoms with Gasteiger partial charge in [0.2, 0.25) is 0 Å². The van der Waals surface area contributed by atoms with Crippen molar-refractivity contribution in [3.63, 3.8) is 0 Å². The Morgan fingerprint density at radius 2 is 2.25 bits per heavy atom. The zero-order chi connectivity index (χ0) is 12.0. The average molecular weight is 223 g/mol. The third-order valence-corrected chi connectivity index (χ3v) is 1.75. The molecule has 1 aromatic rings. The average Bonchev–Trinajstić information content (AvgIpc) is 2.27. The summed E-state index contributed by atoms with van der Waals surface area (Å²) in [5, 5.41) is 8.51. The fourth-order valence-electron chi connectivity index (χ4n) is 1.05. The highest BCUT2D eigenvalue weighted by Crippen LogP contribution is 2.17. The first-order valence-electron chi connectivity index (χ1n) is 4.50. The summed E-state index contributed by atoms with van der Waals surface area (Å²) in [7, 11) is 1.39. The van der Waals surface area contributed by atoms with E-state index in [4.69, 9.17) is 10.00 Å². The van der Waals surface area contributed by atoms with Crippen molar-refractivity contribution in [1.82, 2.24) is 0 Å². The van der Waals surface area contributed by atoms with Crippen molar-refractivity contribution >= 4 is 5.78 Å². The van der Waals surface area contributed by atoms with Gasteiger partial charge in [0, 0.05) is 7.11 Å². The summed E-state index contributed by atoms with van der Waals surface area (Å²) in [5.41, 5.74) is 0.202. The van der Waals surface area contributed by atoms with E-state index in [-0.39, 0.29) is 30.3 Å². The molecule has 0 fully saturated rings. The summed E-state index contributed by atoms with van der Waals surface area (Å²) in [6.07, 6.45) is 0. The number of benzene rings is 1. The van der Waals surface area contributed by atoms with Crippen LogP contribution in [0.5, 0.6) is 5.75 Å². The topological polar surface area (TPSA) is 59.3 Å². The minimum Gasteiger partial charge on any atom is -0.483 e. The van der Waals surface area contributed by atoms with E-state index >= 15 is 0 Å². The molecule has 0 aliphatic heterocycles. The second-order valence-corrected chi connectivity index (χ2v) is 3.02. The lowest BCUT2D eigenvalue weighted by Gasteiger charge is -2.05. The van der Waals surface area contributed by atoms with Gasteiger partial charge in [0.05, 0.1) is 11.6 Å². The molecule has 4 nitrogen and oxygen atoms in total. The highest BCUT2D eigenvalue weighted by molar-refractivity contribution is 5.81. The molecule has 16 heavy (non-hydrogen) atoms. The molecule has 0 heterocycles. The summed E-state index contributed by atoms with van der Waals surface area (Å²) in [6, 6.07) is 5.58. The van der Waals surface area contributed by atoms with Gasteiger partial charge in [0.1, 0.15) is 13.2 Å². The number of carbonyl (C=O) groups excluding carboxylic acids is 1. The quantitative estimate of drug-likeness (QED) is 0.754. The van der Waals surface area contributed by atoms with Gasteiger partial charge >= 0.3 is 0 Å². The van der Waals surface area contributed by atoms with E-state index in [0.29, 0.717) is 0 Å². The van der Waals surface area contributed by atoms with Crippen molar-refractivity contribution in [2.24, 2.45) is 0 Å². The van der Waals surface area contributed by atoms with Gasteiger partial charge in [-0.3, -0.25) is 4.79 Å². The van der Waals surface area contributed by atoms with Crippen LogP contribution < -0.4 is 4.74 Å². The second-order valence-electron chi connectivity index (χ2n) is 3.02. The van der Waals surface area contributed by atoms with E-state index in [1.807, 2.05) is 0 Å². The zero-order valence-electron chi connectivity index (χ0n) is 8.70. The summed E-state index contributed by atoms with van der Waals surface area (Å²) in [4.78, 5) is 11.0. The number of ketones is 1. The Kier molecular flexibility index (Phi) is 4.42. The lowest BCUT2D eigenvalue weighted by atomic mass is 10.2. The van der Waals surface area contributed by atoms with Gasteiger partial charge in [-0.25, -0.2) is 4.39 Å². The Bertz CT molecular complexity index is 426. The third kappa shape index (κ3) is 3.33. The van der Waals surface area contributed by atoms with Gasteiger partial charge in [-0.05, 0) is 18.2 Å². The molecule has 0 amide bonds. The number of Topliss-reactive ketones (excluding diaryl/α,β-unsaturated/α-hetero) is 1. The van der Waals surface area contributed by atoms with Crippen LogP contribution in [0.4, 0.5) is 4.39 Å². The number of hydrogen-bond acceptors (Lipinski definition) is 4. The first-order chi connectivity index (χ1) is 7.67. The van der Waals surface area contributed by atoms with E-state index in [0.717, 1.165) is 6.07 Å². The molecular formula is C11H10FNO3. The van der Waals surface area contributed by atoms with Crippen molar-refractivity contribution in [3.05, 3.63) is 29.6 Å². The molecular weight excluding hydrogens is 213 g/mol. The maximum absolute atomic E-state index is 13.3. The number of nitrogens with zero attached hydrogens (tertiary/aromatic N) is 1. The number of methoxy groups -OCH3 is 1. The van der Waals surface area contributed by atoms with Gasteiger partial charge in [-0.15, -0.1) is 0 Å². The van der Waals surface area contributed by atoms with E-state index in [1.54, 1.807) is 6.07 Å². The lowest BCUT2D eigenvalue weighted by molar-refractivity contribution is -0.124. The maximum Gasteiger partial charge on any atom is 0.195 e. The Balaban J connectivity index is 2.62. The van der Waals surface area contributed by atoms with Crippen molar-refractivity contribution in [3.8, 4) is 11.8 Å². The minimum atomic E-state index is -0.663. The predicted octanol–water partition coefficient (Wildman–Crippen LogP) is 1.29. The fraction of sp³-hybridized carbons (Fsp3) is 0.273. The van der Waals surface area contributed by atoms with Gasteiger partial charge in [-0.1, -0.05) is 0 Å². The Morgan fingerprint density at radius 1 is 1.50 bits per heavy atom. The molecule has 0 radical (unpaired) electrons. The van der Waals surface area contributed by atoms with E-state index in [1.165, 1.54) is 19.2 Å². The summed E-state index contributed by atoms with van der Waals surface area (Å²) in [5.74, 6) is -1.00. The van der Waals surface area contributed by atoms with Gasteiger partial charge in [-0.2, -0.15) is 5.26 Å². The molecule has 0 aliphatic carbocycles. The molecule has 0 unspecified atom stereocenters. The van der Waals surface area contributed by atoms with Crippen LogP contribution in [0.25, 0.3) is 0 Å². The van der Waals surface area contributed by atoms with Crippen LogP contribution in [0.2, 0.25) is 0 Å². The minimum absolute atomic E-state index is 0.0524. The summed E-state index contributed by atoms with van der Waals surface area (Å²) in [6.45, 7) is -0.325. The van der Waals surface area contributed by atoms with Crippen molar-refractivity contribution in [2.75, 3.05) is 20.3 Å². The SMILES string of the molecule is COCC(=O)COc1ccc(C#N)cc1F. The number of carbonyl (C=O) groups is 1. The third-order valence-electron chi connectivity index (χ3n) is 1.75. The zero-order valence-corrected chi connectivity index (χ0v) is 8.70. The van der Waals surface area contributed by atoms with E-state index < -0.39 is 5.82 Å². The number of nitriles is 1. The number of rotatable bonds is 5. The predicted molar refractivity (Wildman–Crippen MR) is 53.5 cm³/mol. The highest BCUT2D eigenvalue weighted by Gasteiger charge is 2.07. The molecule has 0 N–H and O–H groups in total. The normalized spacial score (nSPS) is 9.56. The smallest absolute Gasteiger partial charge is 0.195 e. The Labute approximate surface area is 92.2 Å². The molecule has 0 saturated heterocycles. The lowest BCUT2D eigenvalue weighted by Crippen LogP contribution is -2.16. The summed E-state index contributed by atoms with van der Waals surface area (Å²) < 4.78 is 22.8. The monoisotopic (exact) mass is 223 g/mol. The van der Waals surface area contributed by atoms with E-state index in [2.05, 4.69) is 4.74 Å². The van der Waals surface area contributed by atoms with Crippen molar-refractivity contribution < 1.29 is 18.7 Å². The Morgan fingerprint density at radius 3 is 2.81 bits per heavy atom. The number of ether oxygens (including phenoxy) is 2. The Hall–Kier alpha value is -1.93. The van der Waals surface area contributed by atoms with Crippen LogP contribution in [-0.4, -0.2) is 26.1 Å². The molecule has 1 aromatic carbocycles. The van der Waals surface area contributed by atoms with Crippen molar-refractivity contribution in [1.29, 1.82) is 5.26 Å². The molecule has 0 spiro atoms. The van der Waals surface area contributed by atoms with Crippen LogP contribution >= 0.6 is 0 Å². The molecule has 0 aromatic heterocycles. The van der Waals surface area contributed by atoms with Crippen molar-refractivity contribution in [2.45, 2.75) is 0 Å². The highest BCUT2D eigenvalue weighted by atomic mass is 19.1. The van der Waals surface area contributed by atoms with Gasteiger partial charge < -0.3 is 9.47 Å². The number of halogens is 1. The molecule has 1 rings (SSSR count). The fourth-order valence-corrected chi connectivity index (χ4v) is 1.05. The molecule has 0 saturated carbocycles. The van der Waals surface area contributed by atoms with Gasteiger partial charge in [0.25, 0.3) is 0 Å².